The molecule has 1 aromatic carbocycles. The van der Waals surface area contributed by atoms with Gasteiger partial charge in [0.05, 0.1) is 0 Å². The molecule has 2 amide bonds. The van der Waals surface area contributed by atoms with Gasteiger partial charge < -0.3 is 15.1 Å². The molecule has 6 heteroatoms. The Labute approximate surface area is 136 Å². The number of aryl methyl sites for hydroxylation is 1. The number of carbonyl (C=O) groups is 1. The van der Waals surface area contributed by atoms with E-state index in [1.54, 1.807) is 18.5 Å². The van der Waals surface area contributed by atoms with Gasteiger partial charge >= 0.3 is 6.03 Å². The van der Waals surface area contributed by atoms with Crippen LogP contribution >= 0.6 is 0 Å². The lowest BCUT2D eigenvalue weighted by atomic mass is 10.1. The Bertz CT molecular complexity index is 653. The van der Waals surface area contributed by atoms with Crippen molar-refractivity contribution in [1.82, 2.24) is 14.9 Å². The van der Waals surface area contributed by atoms with Crippen LogP contribution < -0.4 is 10.2 Å². The van der Waals surface area contributed by atoms with Crippen molar-refractivity contribution in [1.29, 1.82) is 0 Å². The second-order valence-electron chi connectivity index (χ2n) is 5.51. The second-order valence-corrected chi connectivity index (χ2v) is 5.51. The molecule has 1 aromatic heterocycles. The van der Waals surface area contributed by atoms with Crippen molar-refractivity contribution in [3.8, 4) is 0 Å². The Morgan fingerprint density at radius 3 is 2.57 bits per heavy atom. The maximum absolute atomic E-state index is 12.4. The summed E-state index contributed by atoms with van der Waals surface area (Å²) < 4.78 is 0. The van der Waals surface area contributed by atoms with E-state index in [0.29, 0.717) is 13.1 Å². The summed E-state index contributed by atoms with van der Waals surface area (Å²) in [4.78, 5) is 24.8. The highest BCUT2D eigenvalue weighted by molar-refractivity contribution is 5.89. The summed E-state index contributed by atoms with van der Waals surface area (Å²) in [5.41, 5.74) is 2.07. The van der Waals surface area contributed by atoms with Crippen LogP contribution in [0.4, 0.5) is 16.4 Å². The average Bonchev–Trinajstić information content (AvgIpc) is 2.63. The first-order valence-corrected chi connectivity index (χ1v) is 7.93. The fourth-order valence-corrected chi connectivity index (χ4v) is 2.64. The normalized spacial score (nSPS) is 14.7. The molecule has 0 aliphatic carbocycles. The van der Waals surface area contributed by atoms with E-state index in [9.17, 15) is 4.79 Å². The highest BCUT2D eigenvalue weighted by atomic mass is 16.2. The Morgan fingerprint density at radius 2 is 1.87 bits per heavy atom. The molecular formula is C17H21N5O. The van der Waals surface area contributed by atoms with Crippen molar-refractivity contribution in [3.63, 3.8) is 0 Å². The zero-order valence-corrected chi connectivity index (χ0v) is 13.3. The van der Waals surface area contributed by atoms with E-state index < -0.39 is 0 Å². The second kappa shape index (κ2) is 7.09. The molecule has 1 fully saturated rings. The van der Waals surface area contributed by atoms with Crippen LogP contribution in [0.15, 0.2) is 42.7 Å². The Hall–Kier alpha value is -2.63. The molecule has 0 bridgehead atoms. The number of piperazine rings is 1. The predicted octanol–water partition coefficient (Wildman–Crippen LogP) is 2.39. The first-order valence-electron chi connectivity index (χ1n) is 7.93. The van der Waals surface area contributed by atoms with Crippen LogP contribution in [0.2, 0.25) is 0 Å². The van der Waals surface area contributed by atoms with Gasteiger partial charge in [0.15, 0.2) is 0 Å². The van der Waals surface area contributed by atoms with Crippen LogP contribution in [0, 0.1) is 0 Å². The zero-order valence-electron chi connectivity index (χ0n) is 13.3. The highest BCUT2D eigenvalue weighted by Crippen LogP contribution is 2.14. The molecule has 0 radical (unpaired) electrons. The lowest BCUT2D eigenvalue weighted by Gasteiger charge is -2.34. The molecule has 3 rings (SSSR count). The third-order valence-electron chi connectivity index (χ3n) is 3.99. The molecule has 6 nitrogen and oxygen atoms in total. The fraction of sp³-hybridized carbons (Fsp3) is 0.353. The number of anilines is 2. The molecule has 2 aromatic rings. The summed E-state index contributed by atoms with van der Waals surface area (Å²) in [6.07, 6.45) is 4.43. The van der Waals surface area contributed by atoms with Gasteiger partial charge in [0.1, 0.15) is 0 Å². The number of rotatable bonds is 3. The van der Waals surface area contributed by atoms with E-state index >= 15 is 0 Å². The molecule has 1 aliphatic heterocycles. The summed E-state index contributed by atoms with van der Waals surface area (Å²) in [6.45, 7) is 4.92. The van der Waals surface area contributed by atoms with E-state index in [-0.39, 0.29) is 6.03 Å². The number of hydrogen-bond donors (Lipinski definition) is 1. The van der Waals surface area contributed by atoms with E-state index in [0.717, 1.165) is 31.1 Å². The topological polar surface area (TPSA) is 61.4 Å². The Kier molecular flexibility index (Phi) is 4.71. The van der Waals surface area contributed by atoms with Gasteiger partial charge in [-0.25, -0.2) is 14.8 Å². The standard InChI is InChI=1S/C17H21N5O/c1-2-14-5-3-6-15(13-14)20-17(23)22-11-9-21(10-12-22)16-18-7-4-8-19-16/h3-8,13H,2,9-12H2,1H3,(H,20,23). The van der Waals surface area contributed by atoms with Crippen LogP contribution in [0.25, 0.3) is 0 Å². The molecule has 0 spiro atoms. The lowest BCUT2D eigenvalue weighted by molar-refractivity contribution is 0.208. The van der Waals surface area contributed by atoms with Crippen LogP contribution in [0.5, 0.6) is 0 Å². The summed E-state index contributed by atoms with van der Waals surface area (Å²) in [5, 5.41) is 2.98. The zero-order chi connectivity index (χ0) is 16.1. The maximum Gasteiger partial charge on any atom is 0.321 e. The van der Waals surface area contributed by atoms with E-state index in [4.69, 9.17) is 0 Å². The molecule has 120 valence electrons. The fourth-order valence-electron chi connectivity index (χ4n) is 2.64. The molecule has 23 heavy (non-hydrogen) atoms. The van der Waals surface area contributed by atoms with Gasteiger partial charge in [0.2, 0.25) is 5.95 Å². The van der Waals surface area contributed by atoms with Crippen molar-refractivity contribution in [2.24, 2.45) is 0 Å². The molecule has 2 heterocycles. The van der Waals surface area contributed by atoms with Gasteiger partial charge in [-0.1, -0.05) is 19.1 Å². The van der Waals surface area contributed by atoms with Gasteiger partial charge in [0, 0.05) is 44.3 Å². The minimum atomic E-state index is -0.0492. The number of carbonyl (C=O) groups excluding carboxylic acids is 1. The third-order valence-corrected chi connectivity index (χ3v) is 3.99. The summed E-state index contributed by atoms with van der Waals surface area (Å²) >= 11 is 0. The van der Waals surface area contributed by atoms with Gasteiger partial charge in [-0.15, -0.1) is 0 Å². The Morgan fingerprint density at radius 1 is 1.13 bits per heavy atom. The van der Waals surface area contributed by atoms with Crippen LogP contribution in [0.1, 0.15) is 12.5 Å². The molecule has 0 atom stereocenters. The number of nitrogens with zero attached hydrogens (tertiary/aromatic N) is 4. The van der Waals surface area contributed by atoms with Crippen molar-refractivity contribution in [3.05, 3.63) is 48.3 Å². The van der Waals surface area contributed by atoms with Crippen LogP contribution in [0.3, 0.4) is 0 Å². The molecule has 1 saturated heterocycles. The number of urea groups is 1. The van der Waals surface area contributed by atoms with Crippen LogP contribution in [-0.4, -0.2) is 47.1 Å². The van der Waals surface area contributed by atoms with Gasteiger partial charge in [-0.05, 0) is 30.2 Å². The first kappa shape index (κ1) is 15.3. The summed E-state index contributed by atoms with van der Waals surface area (Å²) in [7, 11) is 0. The van der Waals surface area contributed by atoms with Gasteiger partial charge in [-0.3, -0.25) is 0 Å². The number of amides is 2. The molecule has 1 aliphatic rings. The molecule has 0 saturated carbocycles. The van der Waals surface area contributed by atoms with Crippen molar-refractivity contribution in [2.75, 3.05) is 36.4 Å². The monoisotopic (exact) mass is 311 g/mol. The minimum Gasteiger partial charge on any atom is -0.337 e. The smallest absolute Gasteiger partial charge is 0.321 e. The van der Waals surface area contributed by atoms with E-state index in [1.807, 2.05) is 23.1 Å². The minimum absolute atomic E-state index is 0.0492. The summed E-state index contributed by atoms with van der Waals surface area (Å²) in [6, 6.07) is 9.73. The SMILES string of the molecule is CCc1cccc(NC(=O)N2CCN(c3ncccn3)CC2)c1. The quantitative estimate of drug-likeness (QED) is 0.945. The molecule has 1 N–H and O–H groups in total. The van der Waals surface area contributed by atoms with E-state index in [2.05, 4.69) is 33.2 Å². The Balaban J connectivity index is 1.56. The van der Waals surface area contributed by atoms with Gasteiger partial charge in [-0.2, -0.15) is 0 Å². The molecule has 0 unspecified atom stereocenters. The largest absolute Gasteiger partial charge is 0.337 e. The first-order chi connectivity index (χ1) is 11.3. The third kappa shape index (κ3) is 3.77. The van der Waals surface area contributed by atoms with E-state index in [1.165, 1.54) is 5.56 Å². The number of nitrogens with one attached hydrogen (secondary N) is 1. The number of benzene rings is 1. The van der Waals surface area contributed by atoms with Crippen molar-refractivity contribution >= 4 is 17.7 Å². The van der Waals surface area contributed by atoms with Crippen LogP contribution in [-0.2, 0) is 6.42 Å². The predicted molar refractivity (Wildman–Crippen MR) is 90.7 cm³/mol. The molecular weight excluding hydrogens is 290 g/mol. The lowest BCUT2D eigenvalue weighted by Crippen LogP contribution is -2.50. The highest BCUT2D eigenvalue weighted by Gasteiger charge is 2.22. The van der Waals surface area contributed by atoms with Crippen molar-refractivity contribution in [2.45, 2.75) is 13.3 Å². The number of hydrogen-bond acceptors (Lipinski definition) is 4. The van der Waals surface area contributed by atoms with Crippen molar-refractivity contribution < 1.29 is 4.79 Å². The van der Waals surface area contributed by atoms with Gasteiger partial charge in [0.25, 0.3) is 0 Å². The summed E-state index contributed by atoms with van der Waals surface area (Å²) in [5.74, 6) is 0.725. The average molecular weight is 311 g/mol. The maximum atomic E-state index is 12.4. The number of aromatic nitrogens is 2.